The molecule has 0 aliphatic carbocycles. The number of hydrogen-bond donors (Lipinski definition) is 0. The molecule has 3 heterocycles. The van der Waals surface area contributed by atoms with Gasteiger partial charge in [-0.05, 0) is 31.9 Å². The van der Waals surface area contributed by atoms with Crippen molar-refractivity contribution in [3.63, 3.8) is 0 Å². The Morgan fingerprint density at radius 3 is 2.64 bits per heavy atom. The van der Waals surface area contributed by atoms with Gasteiger partial charge in [-0.15, -0.1) is 0 Å². The molecule has 1 aromatic rings. The topological polar surface area (TPSA) is 62.7 Å². The minimum atomic E-state index is -0.330. The summed E-state index contributed by atoms with van der Waals surface area (Å²) in [6.07, 6.45) is 1.50. The van der Waals surface area contributed by atoms with E-state index in [2.05, 4.69) is 4.98 Å². The molecule has 2 amide bonds. The van der Waals surface area contributed by atoms with Crippen LogP contribution in [-0.2, 0) is 9.53 Å². The molecule has 2 aliphatic rings. The van der Waals surface area contributed by atoms with Gasteiger partial charge in [0.1, 0.15) is 12.4 Å². The summed E-state index contributed by atoms with van der Waals surface area (Å²) >= 11 is 0. The molecule has 2 saturated heterocycles. The lowest BCUT2D eigenvalue weighted by molar-refractivity contribution is -0.129. The van der Waals surface area contributed by atoms with Gasteiger partial charge in [0.15, 0.2) is 0 Å². The second kappa shape index (κ2) is 5.94. The van der Waals surface area contributed by atoms with Crippen LogP contribution in [0.15, 0.2) is 18.2 Å². The zero-order chi connectivity index (χ0) is 15.7. The maximum Gasteiger partial charge on any atom is 0.415 e. The van der Waals surface area contributed by atoms with Crippen LogP contribution in [0.1, 0.15) is 38.3 Å². The lowest BCUT2D eigenvalue weighted by Crippen LogP contribution is -2.36. The molecule has 0 radical (unpaired) electrons. The molecule has 0 saturated carbocycles. The van der Waals surface area contributed by atoms with Crippen molar-refractivity contribution < 1.29 is 14.3 Å². The van der Waals surface area contributed by atoms with Gasteiger partial charge in [0, 0.05) is 31.6 Å². The first-order chi connectivity index (χ1) is 10.6. The summed E-state index contributed by atoms with van der Waals surface area (Å²) in [5.41, 5.74) is 0.993. The maximum atomic E-state index is 11.8. The van der Waals surface area contributed by atoms with Crippen molar-refractivity contribution in [2.45, 2.75) is 38.6 Å². The van der Waals surface area contributed by atoms with Crippen molar-refractivity contribution in [1.29, 1.82) is 0 Å². The van der Waals surface area contributed by atoms with E-state index in [1.165, 1.54) is 0 Å². The van der Waals surface area contributed by atoms with Crippen LogP contribution in [0.5, 0.6) is 0 Å². The third-order valence-electron chi connectivity index (χ3n) is 4.45. The molecular formula is C16H21N3O3. The summed E-state index contributed by atoms with van der Waals surface area (Å²) in [4.78, 5) is 31.4. The van der Waals surface area contributed by atoms with Gasteiger partial charge in [0.25, 0.3) is 0 Å². The fraction of sp³-hybridized carbons (Fsp3) is 0.562. The van der Waals surface area contributed by atoms with Gasteiger partial charge in [-0.25, -0.2) is 9.78 Å². The van der Waals surface area contributed by atoms with Gasteiger partial charge in [0.05, 0.1) is 6.04 Å². The highest BCUT2D eigenvalue weighted by Gasteiger charge is 2.32. The van der Waals surface area contributed by atoms with E-state index in [4.69, 9.17) is 4.74 Å². The lowest BCUT2D eigenvalue weighted by atomic mass is 9.93. The molecule has 6 heteroatoms. The van der Waals surface area contributed by atoms with E-state index in [1.807, 2.05) is 30.0 Å². The van der Waals surface area contributed by atoms with Gasteiger partial charge >= 0.3 is 6.09 Å². The first-order valence-corrected chi connectivity index (χ1v) is 7.74. The highest BCUT2D eigenvalue weighted by Crippen LogP contribution is 2.29. The van der Waals surface area contributed by atoms with E-state index >= 15 is 0 Å². The maximum absolute atomic E-state index is 11.8. The Kier molecular flexibility index (Phi) is 4.00. The fourth-order valence-corrected chi connectivity index (χ4v) is 3.13. The molecule has 2 aliphatic heterocycles. The Morgan fingerprint density at radius 1 is 1.32 bits per heavy atom. The molecule has 1 atom stereocenters. The Hall–Kier alpha value is -2.11. The number of carbonyl (C=O) groups excluding carboxylic acids is 2. The number of likely N-dealkylation sites (tertiary alicyclic amines) is 1. The van der Waals surface area contributed by atoms with Crippen LogP contribution in [0, 0.1) is 0 Å². The van der Waals surface area contributed by atoms with Crippen LogP contribution in [-0.4, -0.2) is 47.6 Å². The second-order valence-electron chi connectivity index (χ2n) is 6.00. The third-order valence-corrected chi connectivity index (χ3v) is 4.45. The van der Waals surface area contributed by atoms with Crippen LogP contribution in [0.3, 0.4) is 0 Å². The van der Waals surface area contributed by atoms with E-state index < -0.39 is 0 Å². The predicted octanol–water partition coefficient (Wildman–Crippen LogP) is 2.15. The molecular weight excluding hydrogens is 282 g/mol. The number of amides is 2. The molecule has 2 fully saturated rings. The summed E-state index contributed by atoms with van der Waals surface area (Å²) in [7, 11) is 0. The summed E-state index contributed by atoms with van der Waals surface area (Å²) < 4.78 is 5.06. The Labute approximate surface area is 130 Å². The van der Waals surface area contributed by atoms with Gasteiger partial charge in [0.2, 0.25) is 5.91 Å². The minimum Gasteiger partial charge on any atom is -0.447 e. The molecule has 0 unspecified atom stereocenters. The molecule has 0 N–H and O–H groups in total. The van der Waals surface area contributed by atoms with Crippen molar-refractivity contribution >= 4 is 17.8 Å². The van der Waals surface area contributed by atoms with Crippen molar-refractivity contribution in [1.82, 2.24) is 9.88 Å². The quantitative estimate of drug-likeness (QED) is 0.840. The zero-order valence-corrected chi connectivity index (χ0v) is 13.0. The fourth-order valence-electron chi connectivity index (χ4n) is 3.13. The number of nitrogens with zero attached hydrogens (tertiary/aromatic N) is 3. The van der Waals surface area contributed by atoms with Crippen molar-refractivity contribution in [3.8, 4) is 0 Å². The van der Waals surface area contributed by atoms with Gasteiger partial charge in [-0.3, -0.25) is 9.69 Å². The minimum absolute atomic E-state index is 0.00908. The highest BCUT2D eigenvalue weighted by atomic mass is 16.6. The standard InChI is InChI=1S/C16H21N3O3/c1-11-10-22-16(21)19(11)15-5-3-4-14(17-15)13-6-8-18(9-7-13)12(2)20/h3-5,11,13H,6-10H2,1-2H3/t11-/m0/s1. The van der Waals surface area contributed by atoms with Crippen LogP contribution in [0.4, 0.5) is 10.6 Å². The average Bonchev–Trinajstić information content (AvgIpc) is 2.86. The molecule has 22 heavy (non-hydrogen) atoms. The van der Waals surface area contributed by atoms with Gasteiger partial charge in [-0.1, -0.05) is 6.07 Å². The molecule has 0 bridgehead atoms. The van der Waals surface area contributed by atoms with E-state index in [-0.39, 0.29) is 18.0 Å². The van der Waals surface area contributed by atoms with Crippen LogP contribution >= 0.6 is 0 Å². The van der Waals surface area contributed by atoms with E-state index in [9.17, 15) is 9.59 Å². The van der Waals surface area contributed by atoms with Crippen LogP contribution in [0.2, 0.25) is 0 Å². The van der Waals surface area contributed by atoms with Crippen molar-refractivity contribution in [3.05, 3.63) is 23.9 Å². The normalized spacial score (nSPS) is 22.8. The summed E-state index contributed by atoms with van der Waals surface area (Å²) in [6.45, 7) is 5.51. The largest absolute Gasteiger partial charge is 0.447 e. The monoisotopic (exact) mass is 303 g/mol. The van der Waals surface area contributed by atoms with Gasteiger partial charge < -0.3 is 9.64 Å². The number of piperidine rings is 1. The lowest BCUT2D eigenvalue weighted by Gasteiger charge is -2.31. The number of hydrogen-bond acceptors (Lipinski definition) is 4. The second-order valence-corrected chi connectivity index (χ2v) is 6.00. The van der Waals surface area contributed by atoms with E-state index in [0.717, 1.165) is 31.6 Å². The Morgan fingerprint density at radius 2 is 2.05 bits per heavy atom. The molecule has 6 nitrogen and oxygen atoms in total. The molecule has 0 spiro atoms. The third kappa shape index (κ3) is 2.77. The number of pyridine rings is 1. The zero-order valence-electron chi connectivity index (χ0n) is 13.0. The van der Waals surface area contributed by atoms with E-state index in [1.54, 1.807) is 11.8 Å². The number of anilines is 1. The predicted molar refractivity (Wildman–Crippen MR) is 81.8 cm³/mol. The van der Waals surface area contributed by atoms with Crippen LogP contribution in [0.25, 0.3) is 0 Å². The number of carbonyl (C=O) groups is 2. The Bertz CT molecular complexity index is 582. The number of rotatable bonds is 2. The highest BCUT2D eigenvalue weighted by molar-refractivity contribution is 5.88. The Balaban J connectivity index is 1.75. The summed E-state index contributed by atoms with van der Waals surface area (Å²) in [5.74, 6) is 1.12. The first kappa shape index (κ1) is 14.8. The molecule has 3 rings (SSSR count). The summed E-state index contributed by atoms with van der Waals surface area (Å²) in [6, 6.07) is 5.80. The van der Waals surface area contributed by atoms with Crippen molar-refractivity contribution in [2.24, 2.45) is 0 Å². The van der Waals surface area contributed by atoms with E-state index in [0.29, 0.717) is 18.3 Å². The smallest absolute Gasteiger partial charge is 0.415 e. The molecule has 1 aromatic heterocycles. The molecule has 0 aromatic carbocycles. The SMILES string of the molecule is CC(=O)N1CCC(c2cccc(N3C(=O)OC[C@@H]3C)n2)CC1. The number of ether oxygens (including phenoxy) is 1. The van der Waals surface area contributed by atoms with Gasteiger partial charge in [-0.2, -0.15) is 0 Å². The summed E-state index contributed by atoms with van der Waals surface area (Å²) in [5, 5.41) is 0. The first-order valence-electron chi connectivity index (χ1n) is 7.74. The number of aromatic nitrogens is 1. The number of cyclic esters (lactones) is 1. The van der Waals surface area contributed by atoms with Crippen LogP contribution < -0.4 is 4.90 Å². The van der Waals surface area contributed by atoms with Crippen molar-refractivity contribution in [2.75, 3.05) is 24.6 Å². The molecule has 118 valence electrons. The average molecular weight is 303 g/mol.